The Morgan fingerprint density at radius 3 is 2.59 bits per heavy atom. The summed E-state index contributed by atoms with van der Waals surface area (Å²) < 4.78 is 0. The zero-order valence-corrected chi connectivity index (χ0v) is 10.1. The van der Waals surface area contributed by atoms with Gasteiger partial charge in [-0.1, -0.05) is 37.6 Å². The number of anilines is 2. The van der Waals surface area contributed by atoms with E-state index >= 15 is 0 Å². The fraction of sp³-hybridized carbons (Fsp3) is 0.200. The quantitative estimate of drug-likeness (QED) is 0.787. The van der Waals surface area contributed by atoms with Gasteiger partial charge in [0.15, 0.2) is 0 Å². The average molecular weight is 226 g/mol. The zero-order valence-electron chi connectivity index (χ0n) is 10.1. The number of aryl methyl sites for hydroxylation is 1. The van der Waals surface area contributed by atoms with Gasteiger partial charge in [-0.2, -0.15) is 0 Å². The Hall–Kier alpha value is -1.96. The molecule has 2 aromatic rings. The van der Waals surface area contributed by atoms with Gasteiger partial charge in [-0.05, 0) is 35.7 Å². The van der Waals surface area contributed by atoms with E-state index in [0.717, 1.165) is 35.3 Å². The molecule has 0 amide bonds. The lowest BCUT2D eigenvalue weighted by molar-refractivity contribution is 0.922. The van der Waals surface area contributed by atoms with Gasteiger partial charge >= 0.3 is 0 Å². The van der Waals surface area contributed by atoms with Crippen LogP contribution in [0.25, 0.3) is 11.1 Å². The molecule has 0 bridgehead atoms. The highest BCUT2D eigenvalue weighted by Gasteiger charge is 2.03. The van der Waals surface area contributed by atoms with Crippen molar-refractivity contribution in [3.05, 3.63) is 48.0 Å². The van der Waals surface area contributed by atoms with Crippen molar-refractivity contribution in [1.29, 1.82) is 0 Å². The van der Waals surface area contributed by atoms with E-state index in [2.05, 4.69) is 31.2 Å². The fourth-order valence-corrected chi connectivity index (χ4v) is 2.01. The molecule has 0 aliphatic rings. The van der Waals surface area contributed by atoms with Crippen LogP contribution in [-0.4, -0.2) is 0 Å². The van der Waals surface area contributed by atoms with Crippen molar-refractivity contribution in [3.63, 3.8) is 0 Å². The Balaban J connectivity index is 2.45. The predicted molar refractivity (Wildman–Crippen MR) is 74.7 cm³/mol. The summed E-state index contributed by atoms with van der Waals surface area (Å²) >= 11 is 0. The lowest BCUT2D eigenvalue weighted by Crippen LogP contribution is -1.93. The van der Waals surface area contributed by atoms with Crippen LogP contribution in [0.2, 0.25) is 0 Å². The second kappa shape index (κ2) is 4.91. The second-order valence-electron chi connectivity index (χ2n) is 4.30. The number of nitrogens with two attached hydrogens (primary N) is 2. The summed E-state index contributed by atoms with van der Waals surface area (Å²) in [6, 6.07) is 14.1. The molecule has 17 heavy (non-hydrogen) atoms. The third-order valence-corrected chi connectivity index (χ3v) is 2.85. The summed E-state index contributed by atoms with van der Waals surface area (Å²) in [5.74, 6) is 0. The molecule has 0 heterocycles. The molecule has 0 atom stereocenters. The van der Waals surface area contributed by atoms with Gasteiger partial charge in [0, 0.05) is 16.9 Å². The lowest BCUT2D eigenvalue weighted by atomic mass is 9.99. The number of benzene rings is 2. The lowest BCUT2D eigenvalue weighted by Gasteiger charge is -2.08. The summed E-state index contributed by atoms with van der Waals surface area (Å²) in [7, 11) is 0. The Morgan fingerprint density at radius 1 is 1.00 bits per heavy atom. The van der Waals surface area contributed by atoms with Crippen LogP contribution >= 0.6 is 0 Å². The van der Waals surface area contributed by atoms with Gasteiger partial charge < -0.3 is 11.5 Å². The molecule has 0 spiro atoms. The van der Waals surface area contributed by atoms with Gasteiger partial charge in [-0.25, -0.2) is 0 Å². The maximum absolute atomic E-state index is 5.99. The molecule has 88 valence electrons. The van der Waals surface area contributed by atoms with Crippen LogP contribution in [0, 0.1) is 0 Å². The fourth-order valence-electron chi connectivity index (χ4n) is 2.01. The molecule has 0 aliphatic heterocycles. The Bertz CT molecular complexity index is 518. The van der Waals surface area contributed by atoms with Gasteiger partial charge in [0.1, 0.15) is 0 Å². The first-order valence-corrected chi connectivity index (χ1v) is 5.95. The third kappa shape index (κ3) is 2.59. The molecule has 4 N–H and O–H groups in total. The Labute approximate surface area is 102 Å². The molecule has 0 saturated heterocycles. The van der Waals surface area contributed by atoms with E-state index in [1.54, 1.807) is 0 Å². The third-order valence-electron chi connectivity index (χ3n) is 2.85. The Kier molecular flexibility index (Phi) is 3.33. The summed E-state index contributed by atoms with van der Waals surface area (Å²) in [5, 5.41) is 0. The highest BCUT2D eigenvalue weighted by Crippen LogP contribution is 2.28. The summed E-state index contributed by atoms with van der Waals surface area (Å²) in [5.41, 5.74) is 16.8. The molecule has 0 unspecified atom stereocenters. The first kappa shape index (κ1) is 11.5. The summed E-state index contributed by atoms with van der Waals surface area (Å²) in [4.78, 5) is 0. The highest BCUT2D eigenvalue weighted by atomic mass is 14.6. The van der Waals surface area contributed by atoms with E-state index in [9.17, 15) is 0 Å². The van der Waals surface area contributed by atoms with Crippen molar-refractivity contribution in [3.8, 4) is 11.1 Å². The Morgan fingerprint density at radius 2 is 1.82 bits per heavy atom. The molecule has 0 saturated carbocycles. The van der Waals surface area contributed by atoms with Crippen LogP contribution in [0.1, 0.15) is 18.9 Å². The van der Waals surface area contributed by atoms with Crippen LogP contribution in [0.3, 0.4) is 0 Å². The molecule has 0 radical (unpaired) electrons. The predicted octanol–water partition coefficient (Wildman–Crippen LogP) is 3.47. The minimum atomic E-state index is 0.745. The molecule has 2 aromatic carbocycles. The molecular weight excluding hydrogens is 208 g/mol. The van der Waals surface area contributed by atoms with Gasteiger partial charge in [-0.3, -0.25) is 0 Å². The molecule has 0 aliphatic carbocycles. The van der Waals surface area contributed by atoms with Crippen LogP contribution in [0.4, 0.5) is 11.4 Å². The number of hydrogen-bond acceptors (Lipinski definition) is 2. The largest absolute Gasteiger partial charge is 0.399 e. The molecule has 2 rings (SSSR count). The summed E-state index contributed by atoms with van der Waals surface area (Å²) in [6.45, 7) is 2.18. The van der Waals surface area contributed by atoms with Crippen LogP contribution in [-0.2, 0) is 6.42 Å². The van der Waals surface area contributed by atoms with E-state index < -0.39 is 0 Å². The number of rotatable bonds is 3. The highest BCUT2D eigenvalue weighted by molar-refractivity contribution is 5.79. The maximum atomic E-state index is 5.99. The van der Waals surface area contributed by atoms with E-state index in [0.29, 0.717) is 0 Å². The number of nitrogen functional groups attached to an aromatic ring is 2. The minimum absolute atomic E-state index is 0.745. The maximum Gasteiger partial charge on any atom is 0.0395 e. The molecular formula is C15H18N2. The zero-order chi connectivity index (χ0) is 12.3. The molecule has 0 aromatic heterocycles. The van der Waals surface area contributed by atoms with Crippen molar-refractivity contribution in [2.75, 3.05) is 11.5 Å². The molecule has 2 heteroatoms. The van der Waals surface area contributed by atoms with Crippen LogP contribution in [0.15, 0.2) is 42.5 Å². The van der Waals surface area contributed by atoms with E-state index in [4.69, 9.17) is 11.5 Å². The van der Waals surface area contributed by atoms with Gasteiger partial charge in [-0.15, -0.1) is 0 Å². The van der Waals surface area contributed by atoms with E-state index in [1.807, 2.05) is 18.2 Å². The van der Waals surface area contributed by atoms with Crippen molar-refractivity contribution in [2.45, 2.75) is 19.8 Å². The van der Waals surface area contributed by atoms with Gasteiger partial charge in [0.25, 0.3) is 0 Å². The van der Waals surface area contributed by atoms with Crippen molar-refractivity contribution in [1.82, 2.24) is 0 Å². The minimum Gasteiger partial charge on any atom is -0.399 e. The first-order valence-electron chi connectivity index (χ1n) is 5.95. The molecule has 0 fully saturated rings. The van der Waals surface area contributed by atoms with Gasteiger partial charge in [0.05, 0.1) is 0 Å². The van der Waals surface area contributed by atoms with E-state index in [-0.39, 0.29) is 0 Å². The average Bonchev–Trinajstić information content (AvgIpc) is 2.33. The SMILES string of the molecule is CCCc1cccc(-c2cc(N)ccc2N)c1. The monoisotopic (exact) mass is 226 g/mol. The van der Waals surface area contributed by atoms with Gasteiger partial charge in [0.2, 0.25) is 0 Å². The first-order chi connectivity index (χ1) is 8.20. The molecule has 2 nitrogen and oxygen atoms in total. The van der Waals surface area contributed by atoms with Crippen LogP contribution < -0.4 is 11.5 Å². The second-order valence-corrected chi connectivity index (χ2v) is 4.30. The van der Waals surface area contributed by atoms with E-state index in [1.165, 1.54) is 5.56 Å². The smallest absolute Gasteiger partial charge is 0.0395 e. The normalized spacial score (nSPS) is 10.4. The number of hydrogen-bond donors (Lipinski definition) is 2. The van der Waals surface area contributed by atoms with Crippen LogP contribution in [0.5, 0.6) is 0 Å². The topological polar surface area (TPSA) is 52.0 Å². The van der Waals surface area contributed by atoms with Crippen molar-refractivity contribution < 1.29 is 0 Å². The van der Waals surface area contributed by atoms with Crippen molar-refractivity contribution in [2.24, 2.45) is 0 Å². The summed E-state index contributed by atoms with van der Waals surface area (Å²) in [6.07, 6.45) is 2.24. The standard InChI is InChI=1S/C15H18N2/c1-2-4-11-5-3-6-12(9-11)14-10-13(16)7-8-15(14)17/h3,5-10H,2,4,16-17H2,1H3. The van der Waals surface area contributed by atoms with Crippen molar-refractivity contribution >= 4 is 11.4 Å².